The topological polar surface area (TPSA) is 202 Å². The summed E-state index contributed by atoms with van der Waals surface area (Å²) in [6.45, 7) is 4.54. The van der Waals surface area contributed by atoms with Crippen molar-refractivity contribution < 1.29 is 29.5 Å². The molecule has 6 rings (SSSR count). The normalized spacial score (nSPS) is 28.2. The van der Waals surface area contributed by atoms with Gasteiger partial charge in [0.05, 0.1) is 18.7 Å². The number of rotatable bonds is 5. The molecule has 0 bridgehead atoms. The van der Waals surface area contributed by atoms with E-state index in [2.05, 4.69) is 39.8 Å². The molecular formula is C28H34ClN8O5+. The molecule has 1 saturated heterocycles. The summed E-state index contributed by atoms with van der Waals surface area (Å²) >= 11 is 6.02. The number of carbonyl (C=O) groups excluding carboxylic acids is 2. The largest absolute Gasteiger partial charge is 0.492 e. The van der Waals surface area contributed by atoms with E-state index >= 15 is 0 Å². The maximum atomic E-state index is 13.6. The van der Waals surface area contributed by atoms with Crippen LogP contribution < -0.4 is 37.1 Å². The predicted octanol–water partition coefficient (Wildman–Crippen LogP) is -2.31. The van der Waals surface area contributed by atoms with E-state index < -0.39 is 41.4 Å². The molecule has 2 amide bonds. The molecule has 2 aromatic rings. The molecule has 0 saturated carbocycles. The highest BCUT2D eigenvalue weighted by molar-refractivity contribution is 6.31. The Kier molecular flexibility index (Phi) is 6.52. The van der Waals surface area contributed by atoms with Gasteiger partial charge in [0.25, 0.3) is 17.5 Å². The molecule has 2 aromatic carbocycles. The van der Waals surface area contributed by atoms with E-state index in [1.807, 2.05) is 6.07 Å². The Balaban J connectivity index is 1.26. The zero-order chi connectivity index (χ0) is 30.0. The minimum Gasteiger partial charge on any atom is -0.492 e. The number of para-hydroxylation sites is 1. The van der Waals surface area contributed by atoms with Crippen LogP contribution in [0, 0.1) is 0 Å². The number of carbonyl (C=O) groups is 2. The van der Waals surface area contributed by atoms with Gasteiger partial charge in [-0.1, -0.05) is 43.6 Å². The number of amides is 2. The van der Waals surface area contributed by atoms with E-state index in [1.165, 1.54) is 11.0 Å². The third-order valence-corrected chi connectivity index (χ3v) is 8.94. The molecule has 0 radical (unpaired) electrons. The van der Waals surface area contributed by atoms with Crippen molar-refractivity contribution in [1.82, 2.24) is 20.9 Å². The number of halogens is 1. The van der Waals surface area contributed by atoms with Crippen LogP contribution in [0.3, 0.4) is 0 Å². The Morgan fingerprint density at radius 2 is 1.98 bits per heavy atom. The van der Waals surface area contributed by atoms with Gasteiger partial charge in [-0.15, -0.1) is 0 Å². The van der Waals surface area contributed by atoms with E-state index in [9.17, 15) is 19.8 Å². The lowest BCUT2D eigenvalue weighted by Crippen LogP contribution is -2.90. The molecule has 42 heavy (non-hydrogen) atoms. The Morgan fingerprint density at radius 3 is 2.74 bits per heavy atom. The summed E-state index contributed by atoms with van der Waals surface area (Å²) in [6.07, 6.45) is 0.804. The van der Waals surface area contributed by atoms with Crippen LogP contribution in [0.4, 0.5) is 0 Å². The van der Waals surface area contributed by atoms with E-state index in [0.717, 1.165) is 12.0 Å². The number of ether oxygens (including phenoxy) is 1. The minimum atomic E-state index is -2.59. The van der Waals surface area contributed by atoms with Gasteiger partial charge in [0.1, 0.15) is 17.8 Å². The van der Waals surface area contributed by atoms with Crippen LogP contribution in [0.1, 0.15) is 46.5 Å². The van der Waals surface area contributed by atoms with Crippen molar-refractivity contribution >= 4 is 35.3 Å². The average molecular weight is 598 g/mol. The van der Waals surface area contributed by atoms with Crippen LogP contribution >= 0.6 is 11.6 Å². The second kappa shape index (κ2) is 9.75. The zero-order valence-electron chi connectivity index (χ0n) is 23.1. The van der Waals surface area contributed by atoms with Gasteiger partial charge in [-0.05, 0) is 36.1 Å². The van der Waals surface area contributed by atoms with Crippen LogP contribution in [0.25, 0.3) is 0 Å². The molecule has 1 fully saturated rings. The lowest BCUT2D eigenvalue weighted by atomic mass is 9.79. The first-order chi connectivity index (χ1) is 19.8. The number of nitrogens with zero attached hydrogens (tertiary/aromatic N) is 2. The molecule has 0 aliphatic carbocycles. The quantitative estimate of drug-likeness (QED) is 0.174. The number of nitrogens with two attached hydrogens (primary N) is 2. The van der Waals surface area contributed by atoms with Gasteiger partial charge in [-0.25, -0.2) is 10.3 Å². The first-order valence-corrected chi connectivity index (χ1v) is 14.1. The number of fused-ring (bicyclic) bond motifs is 1. The summed E-state index contributed by atoms with van der Waals surface area (Å²) in [5.74, 6) is -2.98. The predicted molar refractivity (Wildman–Crippen MR) is 154 cm³/mol. The molecule has 4 aliphatic rings. The van der Waals surface area contributed by atoms with Crippen molar-refractivity contribution in [2.24, 2.45) is 16.5 Å². The standard InChI is InChI=1S/C28H33ClN8O5/c1-26(2)9-10-42-20-16(7-4-8-17(20)26)23(39)34-19-13-37-25(31)33-18(12-32-22(38)14-5-3-6-15(29)11-14)21-27(37,28(19,40)41)36-24(30)35-21/h3-8,11,18-19,21,40-41H,9-10,12-13H2,1-2H3,(H2,31,33)(H,32,38)(H,34,39)(H3,30,35,36)/p+1/t18-,19?,21-,27?/m0/s1. The molecule has 13 nitrogen and oxygen atoms in total. The molecule has 14 heteroatoms. The lowest BCUT2D eigenvalue weighted by molar-refractivity contribution is -0.521. The first-order valence-electron chi connectivity index (χ1n) is 13.7. The Hall–Kier alpha value is -4.07. The highest BCUT2D eigenvalue weighted by Gasteiger charge is 2.76. The van der Waals surface area contributed by atoms with Gasteiger partial charge in [0.15, 0.2) is 12.0 Å². The molecule has 4 heterocycles. The average Bonchev–Trinajstić information content (AvgIpc) is 3.40. The van der Waals surface area contributed by atoms with Crippen LogP contribution in [-0.2, 0) is 5.41 Å². The van der Waals surface area contributed by atoms with E-state index in [1.54, 1.807) is 30.3 Å². The number of guanidine groups is 2. The minimum absolute atomic E-state index is 0.00928. The van der Waals surface area contributed by atoms with Crippen molar-refractivity contribution in [2.75, 3.05) is 19.7 Å². The van der Waals surface area contributed by atoms with Gasteiger partial charge in [-0.2, -0.15) is 0 Å². The van der Waals surface area contributed by atoms with Gasteiger partial charge in [0, 0.05) is 22.7 Å². The molecule has 10 N–H and O–H groups in total. The molecule has 2 unspecified atom stereocenters. The zero-order valence-corrected chi connectivity index (χ0v) is 23.9. The Morgan fingerprint density at radius 1 is 1.21 bits per heavy atom. The molecule has 4 aliphatic heterocycles. The molecule has 222 valence electrons. The highest BCUT2D eigenvalue weighted by Crippen LogP contribution is 2.43. The third-order valence-electron chi connectivity index (χ3n) is 8.71. The summed E-state index contributed by atoms with van der Waals surface area (Å²) < 4.78 is 5.90. The van der Waals surface area contributed by atoms with Gasteiger partial charge < -0.3 is 31.3 Å². The SMILES string of the molecule is CC1(C)CCOc2c(C(=O)NC3CN4C(N)=N[C@@H](CNC(=O)c5cccc(Cl)c5)[C@@H]5[NH+]=C(N)NC54C3(O)O)cccc21. The summed E-state index contributed by atoms with van der Waals surface area (Å²) in [5.41, 5.74) is 12.2. The number of aliphatic imine (C=N–C) groups is 1. The lowest BCUT2D eigenvalue weighted by Gasteiger charge is -2.46. The van der Waals surface area contributed by atoms with Crippen molar-refractivity contribution in [3.8, 4) is 5.75 Å². The van der Waals surface area contributed by atoms with Crippen molar-refractivity contribution in [3.05, 3.63) is 64.2 Å². The summed E-state index contributed by atoms with van der Waals surface area (Å²) in [7, 11) is 0. The fourth-order valence-corrected chi connectivity index (χ4v) is 6.64. The maximum Gasteiger partial charge on any atom is 0.343 e. The van der Waals surface area contributed by atoms with Crippen molar-refractivity contribution in [3.63, 3.8) is 0 Å². The summed E-state index contributed by atoms with van der Waals surface area (Å²) in [5, 5.41) is 32.5. The van der Waals surface area contributed by atoms with Crippen LogP contribution in [0.5, 0.6) is 5.75 Å². The van der Waals surface area contributed by atoms with E-state index in [0.29, 0.717) is 28.5 Å². The van der Waals surface area contributed by atoms with Gasteiger partial charge in [0.2, 0.25) is 5.79 Å². The second-order valence-electron chi connectivity index (χ2n) is 11.7. The Bertz CT molecular complexity index is 1530. The van der Waals surface area contributed by atoms with Crippen molar-refractivity contribution in [2.45, 2.75) is 55.3 Å². The summed E-state index contributed by atoms with van der Waals surface area (Å²) in [4.78, 5) is 35.4. The monoisotopic (exact) mass is 597 g/mol. The third kappa shape index (κ3) is 4.22. The van der Waals surface area contributed by atoms with Crippen LogP contribution in [0.15, 0.2) is 47.5 Å². The number of benzene rings is 2. The number of hydrogen-bond acceptors (Lipinski definition) is 10. The number of hydrogen-bond donors (Lipinski definition) is 8. The second-order valence-corrected chi connectivity index (χ2v) is 12.2. The fraction of sp³-hybridized carbons (Fsp3) is 0.429. The van der Waals surface area contributed by atoms with Crippen molar-refractivity contribution in [1.29, 1.82) is 0 Å². The molecular weight excluding hydrogens is 564 g/mol. The summed E-state index contributed by atoms with van der Waals surface area (Å²) in [6, 6.07) is 9.01. The smallest absolute Gasteiger partial charge is 0.343 e. The number of aliphatic hydroxyl groups is 2. The maximum absolute atomic E-state index is 13.6. The van der Waals surface area contributed by atoms with Crippen LogP contribution in [0.2, 0.25) is 5.02 Å². The molecule has 1 spiro atoms. The van der Waals surface area contributed by atoms with Gasteiger partial charge >= 0.3 is 5.96 Å². The van der Waals surface area contributed by atoms with E-state index in [4.69, 9.17) is 27.8 Å². The number of nitrogens with one attached hydrogen (secondary N) is 4. The van der Waals surface area contributed by atoms with Crippen LogP contribution in [-0.4, -0.2) is 88.1 Å². The van der Waals surface area contributed by atoms with E-state index in [-0.39, 0.29) is 30.4 Å². The van der Waals surface area contributed by atoms with Gasteiger partial charge in [-0.3, -0.25) is 25.2 Å². The first kappa shape index (κ1) is 28.1. The fourth-order valence-electron chi connectivity index (χ4n) is 6.45. The highest BCUT2D eigenvalue weighted by atomic mass is 35.5. The molecule has 4 atom stereocenters. The Labute approximate surface area is 247 Å². The molecule has 0 aromatic heterocycles.